The number of methoxy groups -OCH3 is 1. The summed E-state index contributed by atoms with van der Waals surface area (Å²) in [6.45, 7) is 0.131. The van der Waals surface area contributed by atoms with Crippen LogP contribution in [0.2, 0.25) is 0 Å². The average Bonchev–Trinajstić information content (AvgIpc) is 2.66. The topological polar surface area (TPSA) is 55.8 Å². The molecule has 8 heteroatoms. The van der Waals surface area contributed by atoms with Crippen LogP contribution in [0, 0.1) is 5.92 Å². The first kappa shape index (κ1) is 21.0. The van der Waals surface area contributed by atoms with E-state index in [-0.39, 0.29) is 32.5 Å². The van der Waals surface area contributed by atoms with Gasteiger partial charge in [-0.15, -0.1) is 0 Å². The molecular weight excluding hydrogens is 363 g/mol. The van der Waals surface area contributed by atoms with Gasteiger partial charge in [0.2, 0.25) is 0 Å². The van der Waals surface area contributed by atoms with E-state index in [1.807, 2.05) is 18.2 Å². The molecule has 1 aliphatic heterocycles. The van der Waals surface area contributed by atoms with Crippen LogP contribution in [0.1, 0.15) is 18.4 Å². The molecule has 148 valence electrons. The number of ether oxygens (including phenoxy) is 2. The van der Waals surface area contributed by atoms with Crippen molar-refractivity contribution in [1.82, 2.24) is 4.90 Å². The predicted molar refractivity (Wildman–Crippen MR) is 91.5 cm³/mol. The zero-order valence-electron chi connectivity index (χ0n) is 14.9. The van der Waals surface area contributed by atoms with Crippen molar-refractivity contribution in [3.63, 3.8) is 0 Å². The molecule has 0 saturated carbocycles. The molecule has 1 saturated heterocycles. The summed E-state index contributed by atoms with van der Waals surface area (Å²) in [5.41, 5.74) is 0.821. The summed E-state index contributed by atoms with van der Waals surface area (Å²) in [7, 11) is 1.17. The van der Waals surface area contributed by atoms with Gasteiger partial charge in [0.15, 0.2) is 0 Å². The molecule has 2 atom stereocenters. The van der Waals surface area contributed by atoms with Crippen LogP contribution in [0.5, 0.6) is 0 Å². The molecule has 2 unspecified atom stereocenters. The predicted octanol–water partition coefficient (Wildman–Crippen LogP) is 3.10. The Morgan fingerprint density at radius 2 is 1.96 bits per heavy atom. The summed E-state index contributed by atoms with van der Waals surface area (Å²) in [6.07, 6.45) is -2.05. The van der Waals surface area contributed by atoms with E-state index in [4.69, 9.17) is 4.74 Å². The summed E-state index contributed by atoms with van der Waals surface area (Å²) in [5.74, 6) is -2.01. The van der Waals surface area contributed by atoms with Crippen molar-refractivity contribution in [1.29, 1.82) is 0 Å². The zero-order chi connectivity index (χ0) is 19.9. The number of rotatable bonds is 6. The molecule has 1 aliphatic rings. The molecule has 1 fully saturated rings. The first-order valence-corrected chi connectivity index (χ1v) is 8.57. The summed E-state index contributed by atoms with van der Waals surface area (Å²) in [5, 5.41) is 0. The lowest BCUT2D eigenvalue weighted by molar-refractivity contribution is -0.196. The quantitative estimate of drug-likeness (QED) is 0.556. The van der Waals surface area contributed by atoms with Gasteiger partial charge in [0, 0.05) is 12.6 Å². The maximum atomic E-state index is 13.3. The number of esters is 2. The van der Waals surface area contributed by atoms with Gasteiger partial charge in [-0.2, -0.15) is 13.2 Å². The van der Waals surface area contributed by atoms with Crippen LogP contribution in [-0.2, 0) is 25.7 Å². The van der Waals surface area contributed by atoms with Gasteiger partial charge < -0.3 is 9.47 Å². The average molecular weight is 385 g/mol. The number of halogens is 3. The number of carbonyl (C=O) groups is 2. The molecule has 5 nitrogen and oxygen atoms in total. The van der Waals surface area contributed by atoms with Gasteiger partial charge >= 0.3 is 18.1 Å². The van der Waals surface area contributed by atoms with Crippen LogP contribution in [0.15, 0.2) is 42.5 Å². The van der Waals surface area contributed by atoms with Crippen molar-refractivity contribution in [2.45, 2.75) is 31.7 Å². The summed E-state index contributed by atoms with van der Waals surface area (Å²) >= 11 is 0. The van der Waals surface area contributed by atoms with Crippen molar-refractivity contribution >= 4 is 11.9 Å². The maximum absolute atomic E-state index is 13.3. The van der Waals surface area contributed by atoms with Crippen LogP contribution in [0.25, 0.3) is 0 Å². The molecular formula is C19H22F3NO4. The summed E-state index contributed by atoms with van der Waals surface area (Å²) in [4.78, 5) is 24.5. The van der Waals surface area contributed by atoms with Gasteiger partial charge in [-0.25, -0.2) is 4.79 Å². The second kappa shape index (κ2) is 9.55. The molecule has 0 radical (unpaired) electrons. The van der Waals surface area contributed by atoms with Crippen molar-refractivity contribution in [3.8, 4) is 0 Å². The fourth-order valence-corrected chi connectivity index (χ4v) is 3.01. The molecule has 27 heavy (non-hydrogen) atoms. The molecule has 1 heterocycles. The lowest BCUT2D eigenvalue weighted by atomic mass is 9.90. The van der Waals surface area contributed by atoms with Crippen molar-refractivity contribution < 1.29 is 32.2 Å². The van der Waals surface area contributed by atoms with Crippen LogP contribution < -0.4 is 0 Å². The highest BCUT2D eigenvalue weighted by atomic mass is 19.4. The van der Waals surface area contributed by atoms with E-state index in [9.17, 15) is 22.8 Å². The van der Waals surface area contributed by atoms with Crippen LogP contribution >= 0.6 is 0 Å². The second-order valence-corrected chi connectivity index (χ2v) is 6.29. The van der Waals surface area contributed by atoms with Gasteiger partial charge in [0.1, 0.15) is 12.6 Å². The Morgan fingerprint density at radius 3 is 2.59 bits per heavy atom. The Kier molecular flexibility index (Phi) is 7.41. The standard InChI is InChI=1S/C19H22F3NO4/c1-26-18(25)15-9-11-23(16(12-15)19(20,21)22)10-5-8-17(24)27-13-14-6-3-2-4-7-14/h2-8,15-16H,9-13H2,1H3. The Hall–Kier alpha value is -2.35. The van der Waals surface area contributed by atoms with E-state index in [0.29, 0.717) is 0 Å². The normalized spacial score (nSPS) is 21.2. The zero-order valence-corrected chi connectivity index (χ0v) is 14.9. The third kappa shape index (κ3) is 6.39. The van der Waals surface area contributed by atoms with Crippen LogP contribution in [-0.4, -0.2) is 49.3 Å². The lowest BCUT2D eigenvalue weighted by Crippen LogP contribution is -2.51. The fraction of sp³-hybridized carbons (Fsp3) is 0.474. The van der Waals surface area contributed by atoms with Crippen molar-refractivity contribution in [2.75, 3.05) is 20.2 Å². The Bertz CT molecular complexity index is 661. The smallest absolute Gasteiger partial charge is 0.404 e. The third-order valence-corrected chi connectivity index (χ3v) is 4.44. The first-order chi connectivity index (χ1) is 12.8. The SMILES string of the molecule is COC(=O)C1CCN(CC=CC(=O)OCc2ccccc2)C(C(F)(F)F)C1. The lowest BCUT2D eigenvalue weighted by Gasteiger charge is -2.38. The minimum Gasteiger partial charge on any atom is -0.469 e. The number of hydrogen-bond donors (Lipinski definition) is 0. The van der Waals surface area contributed by atoms with Gasteiger partial charge in [-0.3, -0.25) is 9.69 Å². The molecule has 2 rings (SSSR count). The number of nitrogens with zero attached hydrogens (tertiary/aromatic N) is 1. The van der Waals surface area contributed by atoms with E-state index in [1.54, 1.807) is 12.1 Å². The minimum absolute atomic E-state index is 0.0570. The largest absolute Gasteiger partial charge is 0.469 e. The fourth-order valence-electron chi connectivity index (χ4n) is 3.01. The molecule has 0 aliphatic carbocycles. The number of hydrogen-bond acceptors (Lipinski definition) is 5. The van der Waals surface area contributed by atoms with Crippen LogP contribution in [0.4, 0.5) is 13.2 Å². The van der Waals surface area contributed by atoms with Gasteiger partial charge in [-0.05, 0) is 24.9 Å². The Morgan fingerprint density at radius 1 is 1.26 bits per heavy atom. The van der Waals surface area contributed by atoms with E-state index in [1.165, 1.54) is 18.1 Å². The molecule has 1 aromatic rings. The third-order valence-electron chi connectivity index (χ3n) is 4.44. The molecule has 0 spiro atoms. The van der Waals surface area contributed by atoms with Gasteiger partial charge in [0.05, 0.1) is 13.0 Å². The summed E-state index contributed by atoms with van der Waals surface area (Å²) in [6, 6.07) is 7.32. The number of alkyl halides is 3. The van der Waals surface area contributed by atoms with Crippen molar-refractivity contribution in [3.05, 3.63) is 48.0 Å². The van der Waals surface area contributed by atoms with E-state index >= 15 is 0 Å². The highest BCUT2D eigenvalue weighted by Crippen LogP contribution is 2.34. The number of piperidine rings is 1. The molecule has 0 aromatic heterocycles. The maximum Gasteiger partial charge on any atom is 0.404 e. The van der Waals surface area contributed by atoms with Gasteiger partial charge in [-0.1, -0.05) is 36.4 Å². The molecule has 0 N–H and O–H groups in total. The molecule has 1 aromatic carbocycles. The van der Waals surface area contributed by atoms with E-state index in [0.717, 1.165) is 11.6 Å². The Labute approximate surface area is 155 Å². The van der Waals surface area contributed by atoms with E-state index < -0.39 is 30.1 Å². The number of benzene rings is 1. The van der Waals surface area contributed by atoms with Gasteiger partial charge in [0.25, 0.3) is 0 Å². The monoisotopic (exact) mass is 385 g/mol. The minimum atomic E-state index is -4.46. The molecule has 0 bridgehead atoms. The summed E-state index contributed by atoms with van der Waals surface area (Å²) < 4.78 is 49.6. The Balaban J connectivity index is 1.87. The molecule has 0 amide bonds. The highest BCUT2D eigenvalue weighted by molar-refractivity contribution is 5.81. The van der Waals surface area contributed by atoms with Crippen molar-refractivity contribution in [2.24, 2.45) is 5.92 Å². The number of likely N-dealkylation sites (tertiary alicyclic amines) is 1. The van der Waals surface area contributed by atoms with E-state index in [2.05, 4.69) is 4.74 Å². The van der Waals surface area contributed by atoms with Crippen LogP contribution in [0.3, 0.4) is 0 Å². The number of carbonyl (C=O) groups excluding carboxylic acids is 2. The highest BCUT2D eigenvalue weighted by Gasteiger charge is 2.47. The second-order valence-electron chi connectivity index (χ2n) is 6.29. The first-order valence-electron chi connectivity index (χ1n) is 8.57.